The molecule has 0 spiro atoms. The molecule has 0 saturated heterocycles. The van der Waals surface area contributed by atoms with Gasteiger partial charge < -0.3 is 9.67 Å². The van der Waals surface area contributed by atoms with Crippen molar-refractivity contribution < 1.29 is 5.11 Å². The van der Waals surface area contributed by atoms with Gasteiger partial charge in [-0.25, -0.2) is 0 Å². The number of nitrogens with zero attached hydrogens (tertiary/aromatic N) is 4. The Bertz CT molecular complexity index is 972. The van der Waals surface area contributed by atoms with E-state index in [1.54, 1.807) is 23.9 Å². The summed E-state index contributed by atoms with van der Waals surface area (Å²) in [6, 6.07) is 17.1. The summed E-state index contributed by atoms with van der Waals surface area (Å²) in [5, 5.41) is 29.0. The first-order valence-electron chi connectivity index (χ1n) is 8.58. The van der Waals surface area contributed by atoms with Crippen LogP contribution in [0.4, 0.5) is 0 Å². The van der Waals surface area contributed by atoms with E-state index in [-0.39, 0.29) is 5.75 Å². The molecule has 2 aromatic carbocycles. The lowest BCUT2D eigenvalue weighted by Gasteiger charge is -2.10. The molecule has 0 atom stereocenters. The van der Waals surface area contributed by atoms with Gasteiger partial charge in [-0.1, -0.05) is 42.1 Å². The number of phenolic OH excluding ortho intramolecular Hbond substituents is 1. The molecule has 130 valence electrons. The molecule has 3 aromatic rings. The molecule has 0 radical (unpaired) electrons. The van der Waals surface area contributed by atoms with Crippen LogP contribution in [0.25, 0.3) is 11.4 Å². The van der Waals surface area contributed by atoms with Crippen LogP contribution in [0.5, 0.6) is 5.75 Å². The fraction of sp³-hybridized carbons (Fsp3) is 0.250. The van der Waals surface area contributed by atoms with Gasteiger partial charge in [-0.15, -0.1) is 10.2 Å². The van der Waals surface area contributed by atoms with E-state index < -0.39 is 0 Å². The molecule has 5 nitrogen and oxygen atoms in total. The fourth-order valence-corrected chi connectivity index (χ4v) is 3.83. The fourth-order valence-electron chi connectivity index (χ4n) is 2.88. The van der Waals surface area contributed by atoms with Crippen LogP contribution in [0.3, 0.4) is 0 Å². The number of nitriles is 1. The van der Waals surface area contributed by atoms with Gasteiger partial charge in [-0.05, 0) is 42.5 Å². The summed E-state index contributed by atoms with van der Waals surface area (Å²) in [7, 11) is 0. The number of thioether (sulfide) groups is 1. The van der Waals surface area contributed by atoms with Gasteiger partial charge in [-0.2, -0.15) is 5.26 Å². The lowest BCUT2D eigenvalue weighted by Crippen LogP contribution is -2.04. The average Bonchev–Trinajstić information content (AvgIpc) is 3.40. The highest BCUT2D eigenvalue weighted by Crippen LogP contribution is 2.36. The standard InChI is InChI=1S/C20H18N4OS/c21-11-15-5-1-2-6-16(15)13-26-20-23-22-19(24(20)12-14-9-10-14)17-7-3-4-8-18(17)25/h1-8,14,25H,9-10,12-13H2. The van der Waals surface area contributed by atoms with Gasteiger partial charge in [0, 0.05) is 12.3 Å². The van der Waals surface area contributed by atoms with Crippen molar-refractivity contribution in [3.63, 3.8) is 0 Å². The van der Waals surface area contributed by atoms with Crippen molar-refractivity contribution in [3.8, 4) is 23.2 Å². The Hall–Kier alpha value is -2.78. The number of hydrogen-bond acceptors (Lipinski definition) is 5. The highest BCUT2D eigenvalue weighted by atomic mass is 32.2. The van der Waals surface area contributed by atoms with Gasteiger partial charge in [0.2, 0.25) is 0 Å². The van der Waals surface area contributed by atoms with Crippen molar-refractivity contribution in [1.82, 2.24) is 14.8 Å². The van der Waals surface area contributed by atoms with E-state index >= 15 is 0 Å². The van der Waals surface area contributed by atoms with Gasteiger partial charge in [0.1, 0.15) is 5.75 Å². The van der Waals surface area contributed by atoms with Crippen LogP contribution in [-0.2, 0) is 12.3 Å². The lowest BCUT2D eigenvalue weighted by molar-refractivity contribution is 0.475. The minimum Gasteiger partial charge on any atom is -0.507 e. The first-order chi connectivity index (χ1) is 12.8. The maximum Gasteiger partial charge on any atom is 0.191 e. The largest absolute Gasteiger partial charge is 0.507 e. The Balaban J connectivity index is 1.64. The summed E-state index contributed by atoms with van der Waals surface area (Å²) in [6.45, 7) is 0.860. The Morgan fingerprint density at radius 2 is 1.88 bits per heavy atom. The van der Waals surface area contributed by atoms with Gasteiger partial charge in [-0.3, -0.25) is 0 Å². The van der Waals surface area contributed by atoms with Crippen molar-refractivity contribution in [2.45, 2.75) is 30.3 Å². The lowest BCUT2D eigenvalue weighted by atomic mass is 10.1. The zero-order valence-electron chi connectivity index (χ0n) is 14.2. The van der Waals surface area contributed by atoms with E-state index in [1.807, 2.05) is 36.4 Å². The molecule has 0 unspecified atom stereocenters. The number of aromatic hydroxyl groups is 1. The van der Waals surface area contributed by atoms with Crippen LogP contribution in [0, 0.1) is 17.2 Å². The third-order valence-electron chi connectivity index (χ3n) is 4.49. The molecule has 1 aliphatic rings. The monoisotopic (exact) mass is 362 g/mol. The molecule has 4 rings (SSSR count). The third kappa shape index (κ3) is 3.44. The van der Waals surface area contributed by atoms with Crippen LogP contribution in [0.15, 0.2) is 53.7 Å². The van der Waals surface area contributed by atoms with Crippen molar-refractivity contribution in [3.05, 3.63) is 59.7 Å². The van der Waals surface area contributed by atoms with Gasteiger partial charge >= 0.3 is 0 Å². The minimum atomic E-state index is 0.211. The zero-order valence-corrected chi connectivity index (χ0v) is 15.0. The van der Waals surface area contributed by atoms with Crippen LogP contribution < -0.4 is 0 Å². The average molecular weight is 362 g/mol. The van der Waals surface area contributed by atoms with Crippen molar-refractivity contribution in [1.29, 1.82) is 5.26 Å². The molecule has 26 heavy (non-hydrogen) atoms. The number of phenols is 1. The summed E-state index contributed by atoms with van der Waals surface area (Å²) < 4.78 is 2.10. The molecule has 1 fully saturated rings. The summed E-state index contributed by atoms with van der Waals surface area (Å²) in [5.41, 5.74) is 2.38. The molecule has 1 heterocycles. The topological polar surface area (TPSA) is 74.7 Å². The van der Waals surface area contributed by atoms with E-state index in [1.165, 1.54) is 12.8 Å². The van der Waals surface area contributed by atoms with E-state index in [2.05, 4.69) is 20.8 Å². The van der Waals surface area contributed by atoms with Gasteiger partial charge in [0.15, 0.2) is 11.0 Å². The number of para-hydroxylation sites is 1. The molecule has 1 N–H and O–H groups in total. The molecular formula is C20H18N4OS. The SMILES string of the molecule is N#Cc1ccccc1CSc1nnc(-c2ccccc2O)n1CC1CC1. The van der Waals surface area contributed by atoms with Crippen LogP contribution in [0.2, 0.25) is 0 Å². The normalized spacial score (nSPS) is 13.5. The summed E-state index contributed by atoms with van der Waals surface area (Å²) in [5.74, 6) is 2.23. The molecular weight excluding hydrogens is 344 g/mol. The highest BCUT2D eigenvalue weighted by Gasteiger charge is 2.26. The van der Waals surface area contributed by atoms with E-state index in [4.69, 9.17) is 0 Å². The summed E-state index contributed by atoms with van der Waals surface area (Å²) in [6.07, 6.45) is 2.44. The van der Waals surface area contributed by atoms with E-state index in [0.717, 1.165) is 17.3 Å². The molecule has 1 aromatic heterocycles. The third-order valence-corrected chi connectivity index (χ3v) is 5.51. The van der Waals surface area contributed by atoms with Gasteiger partial charge in [0.05, 0.1) is 17.2 Å². The Kier molecular flexibility index (Phi) is 4.63. The maximum absolute atomic E-state index is 10.2. The first-order valence-corrected chi connectivity index (χ1v) is 9.57. The molecule has 6 heteroatoms. The minimum absolute atomic E-state index is 0.211. The maximum atomic E-state index is 10.2. The van der Waals surface area contributed by atoms with Gasteiger partial charge in [0.25, 0.3) is 0 Å². The smallest absolute Gasteiger partial charge is 0.191 e. The van der Waals surface area contributed by atoms with Crippen molar-refractivity contribution >= 4 is 11.8 Å². The number of hydrogen-bond donors (Lipinski definition) is 1. The number of aromatic nitrogens is 3. The summed E-state index contributed by atoms with van der Waals surface area (Å²) >= 11 is 1.58. The number of rotatable bonds is 6. The van der Waals surface area contributed by atoms with Crippen LogP contribution in [-0.4, -0.2) is 19.9 Å². The molecule has 0 bridgehead atoms. The second kappa shape index (κ2) is 7.22. The second-order valence-corrected chi connectivity index (χ2v) is 7.38. The number of benzene rings is 2. The first kappa shape index (κ1) is 16.7. The zero-order chi connectivity index (χ0) is 17.9. The predicted molar refractivity (Wildman–Crippen MR) is 101 cm³/mol. The van der Waals surface area contributed by atoms with Crippen LogP contribution >= 0.6 is 11.8 Å². The Morgan fingerprint density at radius 3 is 2.65 bits per heavy atom. The van der Waals surface area contributed by atoms with E-state index in [0.29, 0.717) is 28.6 Å². The molecule has 0 aliphatic heterocycles. The quantitative estimate of drug-likeness (QED) is 0.664. The Morgan fingerprint density at radius 1 is 1.12 bits per heavy atom. The van der Waals surface area contributed by atoms with Crippen molar-refractivity contribution in [2.75, 3.05) is 0 Å². The predicted octanol–water partition coefficient (Wildman–Crippen LogP) is 4.22. The second-order valence-electron chi connectivity index (χ2n) is 6.43. The molecule has 0 amide bonds. The molecule has 1 aliphatic carbocycles. The summed E-state index contributed by atoms with van der Waals surface area (Å²) in [4.78, 5) is 0. The van der Waals surface area contributed by atoms with Crippen molar-refractivity contribution in [2.24, 2.45) is 5.92 Å². The molecule has 1 saturated carbocycles. The Labute approximate surface area is 156 Å². The van der Waals surface area contributed by atoms with E-state index in [9.17, 15) is 10.4 Å². The van der Waals surface area contributed by atoms with Crippen LogP contribution in [0.1, 0.15) is 24.0 Å². The highest BCUT2D eigenvalue weighted by molar-refractivity contribution is 7.98.